The highest BCUT2D eigenvalue weighted by Crippen LogP contribution is 2.39. The van der Waals surface area contributed by atoms with Crippen molar-refractivity contribution >= 4 is 22.7 Å². The second-order valence-corrected chi connectivity index (χ2v) is 10.0. The summed E-state index contributed by atoms with van der Waals surface area (Å²) in [6, 6.07) is 17.8. The van der Waals surface area contributed by atoms with Gasteiger partial charge in [-0.25, -0.2) is 0 Å². The SMILES string of the molecule is Cc1ccc2nc(C)cc(C(=O)NC[C@H]3CCC4(CCN(C(=O)Cc5ccccc5)CC4)O3)c2c1. The molecule has 5 rings (SSSR count). The number of nitrogens with one attached hydrogen (secondary N) is 1. The third kappa shape index (κ3) is 5.22. The van der Waals surface area contributed by atoms with Crippen molar-refractivity contribution in [1.82, 2.24) is 15.2 Å². The van der Waals surface area contributed by atoms with Crippen molar-refractivity contribution in [2.24, 2.45) is 0 Å². The number of aryl methyl sites for hydroxylation is 2. The molecule has 6 heteroatoms. The number of ether oxygens (including phenoxy) is 1. The normalized spacial score (nSPS) is 19.3. The smallest absolute Gasteiger partial charge is 0.252 e. The minimum Gasteiger partial charge on any atom is -0.370 e. The van der Waals surface area contributed by atoms with Crippen LogP contribution in [-0.2, 0) is 16.0 Å². The summed E-state index contributed by atoms with van der Waals surface area (Å²) in [4.78, 5) is 32.3. The molecule has 0 radical (unpaired) electrons. The van der Waals surface area contributed by atoms with E-state index in [0.717, 1.165) is 66.5 Å². The van der Waals surface area contributed by atoms with Gasteiger partial charge in [0.1, 0.15) is 0 Å². The molecule has 1 aromatic heterocycles. The summed E-state index contributed by atoms with van der Waals surface area (Å²) in [7, 11) is 0. The zero-order chi connectivity index (χ0) is 24.4. The van der Waals surface area contributed by atoms with Crippen LogP contribution in [0.4, 0.5) is 0 Å². The molecule has 2 aliphatic rings. The van der Waals surface area contributed by atoms with E-state index >= 15 is 0 Å². The lowest BCUT2D eigenvalue weighted by molar-refractivity contribution is -0.136. The molecular formula is C29H33N3O3. The number of hydrogen-bond acceptors (Lipinski definition) is 4. The molecule has 35 heavy (non-hydrogen) atoms. The zero-order valence-corrected chi connectivity index (χ0v) is 20.5. The first-order valence-corrected chi connectivity index (χ1v) is 12.6. The quantitative estimate of drug-likeness (QED) is 0.600. The molecule has 1 spiro atoms. The fourth-order valence-corrected chi connectivity index (χ4v) is 5.41. The Balaban J connectivity index is 1.15. The number of hydrogen-bond donors (Lipinski definition) is 1. The summed E-state index contributed by atoms with van der Waals surface area (Å²) in [5.74, 6) is 0.0972. The van der Waals surface area contributed by atoms with Crippen LogP contribution in [0.5, 0.6) is 0 Å². The lowest BCUT2D eigenvalue weighted by atomic mass is 9.88. The van der Waals surface area contributed by atoms with Crippen LogP contribution in [0.1, 0.15) is 52.9 Å². The Kier molecular flexibility index (Phi) is 6.56. The van der Waals surface area contributed by atoms with E-state index in [9.17, 15) is 9.59 Å². The molecule has 0 bridgehead atoms. The van der Waals surface area contributed by atoms with Crippen LogP contribution >= 0.6 is 0 Å². The Morgan fingerprint density at radius 2 is 1.83 bits per heavy atom. The van der Waals surface area contributed by atoms with E-state index in [1.807, 2.05) is 73.3 Å². The largest absolute Gasteiger partial charge is 0.370 e. The van der Waals surface area contributed by atoms with Gasteiger partial charge in [-0.15, -0.1) is 0 Å². The minimum atomic E-state index is -0.171. The van der Waals surface area contributed by atoms with Gasteiger partial charge in [-0.2, -0.15) is 0 Å². The molecule has 0 aliphatic carbocycles. The Hall–Kier alpha value is -3.25. The summed E-state index contributed by atoms with van der Waals surface area (Å²) in [5, 5.41) is 3.98. The van der Waals surface area contributed by atoms with Gasteiger partial charge < -0.3 is 15.0 Å². The van der Waals surface area contributed by atoms with Crippen LogP contribution in [0, 0.1) is 13.8 Å². The number of nitrogens with zero attached hydrogens (tertiary/aromatic N) is 2. The maximum absolute atomic E-state index is 13.1. The van der Waals surface area contributed by atoms with Gasteiger partial charge in [0.2, 0.25) is 5.91 Å². The van der Waals surface area contributed by atoms with Gasteiger partial charge in [0.25, 0.3) is 5.91 Å². The average molecular weight is 472 g/mol. The molecule has 2 aliphatic heterocycles. The zero-order valence-electron chi connectivity index (χ0n) is 20.5. The summed E-state index contributed by atoms with van der Waals surface area (Å²) in [5.41, 5.74) is 4.32. The van der Waals surface area contributed by atoms with Crippen LogP contribution in [-0.4, -0.2) is 53.0 Å². The van der Waals surface area contributed by atoms with Crippen LogP contribution in [0.3, 0.4) is 0 Å². The Morgan fingerprint density at radius 1 is 1.06 bits per heavy atom. The maximum Gasteiger partial charge on any atom is 0.252 e. The monoisotopic (exact) mass is 471 g/mol. The number of likely N-dealkylation sites (tertiary alicyclic amines) is 1. The second kappa shape index (κ2) is 9.78. The summed E-state index contributed by atoms with van der Waals surface area (Å²) < 4.78 is 6.49. The number of piperidine rings is 1. The topological polar surface area (TPSA) is 71.5 Å². The van der Waals surface area contributed by atoms with Gasteiger partial charge in [0.05, 0.1) is 29.2 Å². The molecule has 1 atom stereocenters. The lowest BCUT2D eigenvalue weighted by Gasteiger charge is -2.39. The molecule has 2 saturated heterocycles. The lowest BCUT2D eigenvalue weighted by Crippen LogP contribution is -2.47. The first-order valence-electron chi connectivity index (χ1n) is 12.6. The third-order valence-electron chi connectivity index (χ3n) is 7.39. The average Bonchev–Trinajstić information content (AvgIpc) is 3.25. The van der Waals surface area contributed by atoms with Crippen LogP contribution in [0.25, 0.3) is 10.9 Å². The molecule has 3 heterocycles. The van der Waals surface area contributed by atoms with Crippen molar-refractivity contribution in [2.75, 3.05) is 19.6 Å². The number of fused-ring (bicyclic) bond motifs is 1. The van der Waals surface area contributed by atoms with E-state index in [0.29, 0.717) is 18.5 Å². The molecular weight excluding hydrogens is 438 g/mol. The van der Waals surface area contributed by atoms with E-state index in [-0.39, 0.29) is 23.5 Å². The van der Waals surface area contributed by atoms with E-state index in [1.165, 1.54) is 0 Å². The Labute approximate surface area is 206 Å². The van der Waals surface area contributed by atoms with Crippen LogP contribution < -0.4 is 5.32 Å². The Bertz CT molecular complexity index is 1230. The standard InChI is InChI=1S/C29H33N3O3/c1-20-8-9-26-24(16-20)25(17-21(2)31-26)28(34)30-19-23-10-11-29(35-23)12-14-32(15-13-29)27(33)18-22-6-4-3-5-7-22/h3-9,16-17,23H,10-15,18-19H2,1-2H3,(H,30,34)/t23-/m1/s1. The fraction of sp³-hybridized carbons (Fsp3) is 0.414. The number of carbonyl (C=O) groups is 2. The van der Waals surface area contributed by atoms with E-state index in [1.54, 1.807) is 0 Å². The predicted octanol–water partition coefficient (Wildman–Crippen LogP) is 4.36. The molecule has 0 saturated carbocycles. The summed E-state index contributed by atoms with van der Waals surface area (Å²) >= 11 is 0. The van der Waals surface area contributed by atoms with Crippen LogP contribution in [0.15, 0.2) is 54.6 Å². The van der Waals surface area contributed by atoms with E-state index in [4.69, 9.17) is 4.74 Å². The van der Waals surface area contributed by atoms with Gasteiger partial charge in [-0.05, 0) is 63.3 Å². The number of amides is 2. The molecule has 1 N–H and O–H groups in total. The van der Waals surface area contributed by atoms with Gasteiger partial charge in [0.15, 0.2) is 0 Å². The molecule has 6 nitrogen and oxygen atoms in total. The number of aromatic nitrogens is 1. The summed E-state index contributed by atoms with van der Waals surface area (Å²) in [6.07, 6.45) is 4.06. The number of benzene rings is 2. The highest BCUT2D eigenvalue weighted by Gasteiger charge is 2.43. The highest BCUT2D eigenvalue weighted by molar-refractivity contribution is 6.06. The van der Waals surface area contributed by atoms with Crippen molar-refractivity contribution in [3.63, 3.8) is 0 Å². The number of carbonyl (C=O) groups excluding carboxylic acids is 2. The molecule has 2 aromatic carbocycles. The fourth-order valence-electron chi connectivity index (χ4n) is 5.41. The van der Waals surface area contributed by atoms with Crippen molar-refractivity contribution in [3.05, 3.63) is 77.0 Å². The van der Waals surface area contributed by atoms with E-state index < -0.39 is 0 Å². The van der Waals surface area contributed by atoms with Gasteiger partial charge in [0, 0.05) is 30.7 Å². The van der Waals surface area contributed by atoms with Gasteiger partial charge in [-0.3, -0.25) is 14.6 Å². The minimum absolute atomic E-state index is 0.00135. The maximum atomic E-state index is 13.1. The van der Waals surface area contributed by atoms with Crippen molar-refractivity contribution in [3.8, 4) is 0 Å². The molecule has 2 amide bonds. The van der Waals surface area contributed by atoms with Gasteiger partial charge >= 0.3 is 0 Å². The molecule has 0 unspecified atom stereocenters. The summed E-state index contributed by atoms with van der Waals surface area (Å²) in [6.45, 7) is 5.88. The number of rotatable bonds is 5. The van der Waals surface area contributed by atoms with E-state index in [2.05, 4.69) is 10.3 Å². The first kappa shape index (κ1) is 23.5. The molecule has 2 fully saturated rings. The van der Waals surface area contributed by atoms with Crippen molar-refractivity contribution in [2.45, 2.75) is 57.7 Å². The molecule has 3 aromatic rings. The third-order valence-corrected chi connectivity index (χ3v) is 7.39. The van der Waals surface area contributed by atoms with Crippen LogP contribution in [0.2, 0.25) is 0 Å². The Morgan fingerprint density at radius 3 is 2.60 bits per heavy atom. The predicted molar refractivity (Wildman–Crippen MR) is 136 cm³/mol. The van der Waals surface area contributed by atoms with Gasteiger partial charge in [-0.1, -0.05) is 42.0 Å². The van der Waals surface area contributed by atoms with Crippen molar-refractivity contribution in [1.29, 1.82) is 0 Å². The second-order valence-electron chi connectivity index (χ2n) is 10.0. The highest BCUT2D eigenvalue weighted by atomic mass is 16.5. The number of pyridine rings is 1. The van der Waals surface area contributed by atoms with Crippen molar-refractivity contribution < 1.29 is 14.3 Å². The molecule has 182 valence electrons. The first-order chi connectivity index (χ1) is 16.9.